The van der Waals surface area contributed by atoms with E-state index in [1.165, 1.54) is 289 Å². The molecule has 77 heavy (non-hydrogen) atoms. The number of esters is 3. The molecule has 0 aliphatic carbocycles. The largest absolute Gasteiger partial charge is 0.462 e. The van der Waals surface area contributed by atoms with Crippen molar-refractivity contribution in [1.29, 1.82) is 0 Å². The third kappa shape index (κ3) is 64.6. The molecule has 6 heteroatoms. The standard InChI is InChI=1S/C71H134O6/c1-4-7-10-13-16-19-22-24-26-28-30-32-34-35-37-38-40-42-44-46-49-52-55-58-61-64-70(73)76-67-68(66-75-69(72)63-60-57-54-51-48-21-18-15-12-9-6-3)77-71(74)65-62-59-56-53-50-47-45-43-41-39-36-33-31-29-27-25-23-20-17-14-11-8-5-2/h22,24,28,30,68H,4-21,23,25-27,29,31-67H2,1-3H3/b24-22-,30-28-. The highest BCUT2D eigenvalue weighted by molar-refractivity contribution is 5.71. The number of rotatable bonds is 65. The Morgan fingerprint density at radius 1 is 0.260 bits per heavy atom. The summed E-state index contributed by atoms with van der Waals surface area (Å²) >= 11 is 0. The highest BCUT2D eigenvalue weighted by atomic mass is 16.6. The van der Waals surface area contributed by atoms with Crippen molar-refractivity contribution in [2.24, 2.45) is 0 Å². The molecule has 0 aromatic carbocycles. The van der Waals surface area contributed by atoms with Gasteiger partial charge in [0, 0.05) is 19.3 Å². The lowest BCUT2D eigenvalue weighted by Crippen LogP contribution is -2.30. The van der Waals surface area contributed by atoms with Gasteiger partial charge in [-0.15, -0.1) is 0 Å². The lowest BCUT2D eigenvalue weighted by Gasteiger charge is -2.18. The Bertz CT molecular complexity index is 1240. The molecule has 0 aromatic rings. The molecular formula is C71H134O6. The number of unbranched alkanes of at least 4 members (excludes halogenated alkanes) is 50. The molecule has 0 radical (unpaired) electrons. The van der Waals surface area contributed by atoms with Crippen molar-refractivity contribution in [2.45, 2.75) is 399 Å². The summed E-state index contributed by atoms with van der Waals surface area (Å²) in [6.45, 7) is 6.70. The summed E-state index contributed by atoms with van der Waals surface area (Å²) < 4.78 is 17.0. The first kappa shape index (κ1) is 74.9. The minimum absolute atomic E-state index is 0.0646. The van der Waals surface area contributed by atoms with E-state index in [2.05, 4.69) is 45.1 Å². The van der Waals surface area contributed by atoms with E-state index in [9.17, 15) is 14.4 Å². The van der Waals surface area contributed by atoms with Crippen LogP contribution in [-0.2, 0) is 28.6 Å². The zero-order valence-corrected chi connectivity index (χ0v) is 52.3. The Kier molecular flexibility index (Phi) is 64.6. The van der Waals surface area contributed by atoms with Crippen LogP contribution in [0.4, 0.5) is 0 Å². The molecule has 0 heterocycles. The van der Waals surface area contributed by atoms with Gasteiger partial charge in [0.2, 0.25) is 0 Å². The Morgan fingerprint density at radius 3 is 0.714 bits per heavy atom. The lowest BCUT2D eigenvalue weighted by atomic mass is 10.0. The second kappa shape index (κ2) is 66.4. The monoisotopic (exact) mass is 1080 g/mol. The summed E-state index contributed by atoms with van der Waals surface area (Å²) in [6, 6.07) is 0. The van der Waals surface area contributed by atoms with Gasteiger partial charge in [-0.1, -0.05) is 347 Å². The van der Waals surface area contributed by atoms with Crippen LogP contribution in [0.3, 0.4) is 0 Å². The molecule has 0 fully saturated rings. The average Bonchev–Trinajstić information content (AvgIpc) is 3.43. The van der Waals surface area contributed by atoms with Gasteiger partial charge in [0.05, 0.1) is 0 Å². The zero-order valence-electron chi connectivity index (χ0n) is 52.3. The van der Waals surface area contributed by atoms with Gasteiger partial charge < -0.3 is 14.2 Å². The predicted octanol–water partition coefficient (Wildman–Crippen LogP) is 23.8. The van der Waals surface area contributed by atoms with E-state index in [-0.39, 0.29) is 31.1 Å². The maximum atomic E-state index is 12.9. The number of allylic oxidation sites excluding steroid dienone is 4. The normalized spacial score (nSPS) is 12.1. The molecule has 6 nitrogen and oxygen atoms in total. The molecule has 0 saturated carbocycles. The predicted molar refractivity (Wildman–Crippen MR) is 335 cm³/mol. The molecule has 0 rings (SSSR count). The average molecular weight is 1080 g/mol. The van der Waals surface area contributed by atoms with Crippen molar-refractivity contribution < 1.29 is 28.6 Å². The summed E-state index contributed by atoms with van der Waals surface area (Å²) in [4.78, 5) is 38.3. The zero-order chi connectivity index (χ0) is 55.7. The van der Waals surface area contributed by atoms with Gasteiger partial charge in [0.1, 0.15) is 13.2 Å². The smallest absolute Gasteiger partial charge is 0.306 e. The second-order valence-corrected chi connectivity index (χ2v) is 23.8. The highest BCUT2D eigenvalue weighted by Crippen LogP contribution is 2.19. The summed E-state index contributed by atoms with van der Waals surface area (Å²) in [5, 5.41) is 0. The van der Waals surface area contributed by atoms with E-state index >= 15 is 0 Å². The fourth-order valence-corrected chi connectivity index (χ4v) is 10.7. The van der Waals surface area contributed by atoms with Crippen molar-refractivity contribution in [1.82, 2.24) is 0 Å². The highest BCUT2D eigenvalue weighted by Gasteiger charge is 2.19. The SMILES string of the molecule is CCCCCCC/C=C\C/C=C\CCCCCCCCCCCCCCCC(=O)OCC(COC(=O)CCCCCCCCCCCCC)OC(=O)CCCCCCCCCCCCCCCCCCCCCCCCC. The molecule has 0 amide bonds. The number of ether oxygens (including phenoxy) is 3. The van der Waals surface area contributed by atoms with Gasteiger partial charge in [-0.2, -0.15) is 0 Å². The lowest BCUT2D eigenvalue weighted by molar-refractivity contribution is -0.167. The number of carbonyl (C=O) groups excluding carboxylic acids is 3. The maximum absolute atomic E-state index is 12.9. The van der Waals surface area contributed by atoms with Crippen LogP contribution in [0.1, 0.15) is 393 Å². The van der Waals surface area contributed by atoms with Crippen molar-refractivity contribution in [3.8, 4) is 0 Å². The van der Waals surface area contributed by atoms with Crippen LogP contribution in [-0.4, -0.2) is 37.2 Å². The van der Waals surface area contributed by atoms with Gasteiger partial charge in [-0.05, 0) is 51.4 Å². The number of hydrogen-bond donors (Lipinski definition) is 0. The van der Waals surface area contributed by atoms with Gasteiger partial charge in [-0.25, -0.2) is 0 Å². The van der Waals surface area contributed by atoms with E-state index < -0.39 is 6.10 Å². The molecule has 1 unspecified atom stereocenters. The first-order valence-corrected chi connectivity index (χ1v) is 34.8. The Balaban J connectivity index is 4.18. The summed E-state index contributed by atoms with van der Waals surface area (Å²) in [5.74, 6) is -0.835. The van der Waals surface area contributed by atoms with E-state index in [0.717, 1.165) is 64.2 Å². The Hall–Kier alpha value is -2.11. The maximum Gasteiger partial charge on any atom is 0.306 e. The van der Waals surface area contributed by atoms with Crippen molar-refractivity contribution in [3.63, 3.8) is 0 Å². The minimum Gasteiger partial charge on any atom is -0.462 e. The first-order valence-electron chi connectivity index (χ1n) is 34.8. The van der Waals surface area contributed by atoms with E-state index in [1.54, 1.807) is 0 Å². The molecule has 0 bridgehead atoms. The fourth-order valence-electron chi connectivity index (χ4n) is 10.7. The van der Waals surface area contributed by atoms with Gasteiger partial charge in [-0.3, -0.25) is 14.4 Å². The molecule has 0 N–H and O–H groups in total. The summed E-state index contributed by atoms with van der Waals surface area (Å²) in [6.07, 6.45) is 80.7. The van der Waals surface area contributed by atoms with Crippen LogP contribution in [0.25, 0.3) is 0 Å². The van der Waals surface area contributed by atoms with Crippen molar-refractivity contribution in [2.75, 3.05) is 13.2 Å². The first-order chi connectivity index (χ1) is 38.0. The number of hydrogen-bond acceptors (Lipinski definition) is 6. The second-order valence-electron chi connectivity index (χ2n) is 23.8. The molecule has 1 atom stereocenters. The summed E-state index contributed by atoms with van der Waals surface area (Å²) in [5.41, 5.74) is 0. The van der Waals surface area contributed by atoms with E-state index in [1.807, 2.05) is 0 Å². The Labute approximate surface area is 481 Å². The molecular weight excluding hydrogens is 949 g/mol. The third-order valence-corrected chi connectivity index (χ3v) is 16.0. The molecule has 0 aliphatic heterocycles. The van der Waals surface area contributed by atoms with Crippen molar-refractivity contribution >= 4 is 17.9 Å². The quantitative estimate of drug-likeness (QED) is 0.0261. The van der Waals surface area contributed by atoms with Gasteiger partial charge in [0.25, 0.3) is 0 Å². The fraction of sp³-hybridized carbons (Fsp3) is 0.901. The Morgan fingerprint density at radius 2 is 0.468 bits per heavy atom. The molecule has 0 aromatic heterocycles. The number of carbonyl (C=O) groups is 3. The molecule has 0 spiro atoms. The van der Waals surface area contributed by atoms with Gasteiger partial charge >= 0.3 is 17.9 Å². The van der Waals surface area contributed by atoms with Crippen molar-refractivity contribution in [3.05, 3.63) is 24.3 Å². The van der Waals surface area contributed by atoms with Crippen LogP contribution in [0.5, 0.6) is 0 Å². The molecule has 454 valence electrons. The molecule has 0 saturated heterocycles. The molecule has 0 aliphatic rings. The van der Waals surface area contributed by atoms with E-state index in [4.69, 9.17) is 14.2 Å². The van der Waals surface area contributed by atoms with Gasteiger partial charge in [0.15, 0.2) is 6.10 Å². The topological polar surface area (TPSA) is 78.9 Å². The third-order valence-electron chi connectivity index (χ3n) is 16.0. The van der Waals surface area contributed by atoms with Crippen LogP contribution < -0.4 is 0 Å². The van der Waals surface area contributed by atoms with Crippen LogP contribution in [0, 0.1) is 0 Å². The van der Waals surface area contributed by atoms with E-state index in [0.29, 0.717) is 19.3 Å². The van der Waals surface area contributed by atoms with Crippen LogP contribution in [0.15, 0.2) is 24.3 Å². The van der Waals surface area contributed by atoms with Crippen LogP contribution in [0.2, 0.25) is 0 Å². The van der Waals surface area contributed by atoms with Crippen LogP contribution >= 0.6 is 0 Å². The summed E-state index contributed by atoms with van der Waals surface area (Å²) in [7, 11) is 0. The minimum atomic E-state index is -0.767.